The zero-order valence-electron chi connectivity index (χ0n) is 15.2. The fraction of sp³-hybridized carbons (Fsp3) is 0.350. The van der Waals surface area contributed by atoms with E-state index in [-0.39, 0.29) is 17.1 Å². The Kier molecular flexibility index (Phi) is 6.06. The molecule has 0 unspecified atom stereocenters. The first-order chi connectivity index (χ1) is 12.0. The van der Waals surface area contributed by atoms with E-state index in [1.54, 1.807) is 0 Å². The van der Waals surface area contributed by atoms with Crippen LogP contribution in [0.25, 0.3) is 0 Å². The molecule has 140 valence electrons. The third-order valence-electron chi connectivity index (χ3n) is 3.91. The Bertz CT molecular complexity index is 777. The SMILES string of the molecule is Cc1ccc(C(C)(C)C)cc1SCC(=O)Nc1ccc(C(F)(F)F)cc1. The average Bonchev–Trinajstić information content (AvgIpc) is 2.52. The zero-order chi connectivity index (χ0) is 19.5. The summed E-state index contributed by atoms with van der Waals surface area (Å²) < 4.78 is 37.7. The van der Waals surface area contributed by atoms with E-state index in [1.165, 1.54) is 29.5 Å². The quantitative estimate of drug-likeness (QED) is 0.654. The van der Waals surface area contributed by atoms with Gasteiger partial charge in [-0.25, -0.2) is 0 Å². The minimum absolute atomic E-state index is 0.0193. The van der Waals surface area contributed by atoms with E-state index in [0.717, 1.165) is 22.6 Å². The van der Waals surface area contributed by atoms with E-state index < -0.39 is 11.7 Å². The van der Waals surface area contributed by atoms with E-state index >= 15 is 0 Å². The second-order valence-corrected chi connectivity index (χ2v) is 8.16. The monoisotopic (exact) mass is 381 g/mol. The van der Waals surface area contributed by atoms with Gasteiger partial charge in [0.15, 0.2) is 0 Å². The van der Waals surface area contributed by atoms with Crippen LogP contribution in [0.5, 0.6) is 0 Å². The van der Waals surface area contributed by atoms with E-state index in [4.69, 9.17) is 0 Å². The van der Waals surface area contributed by atoms with Gasteiger partial charge >= 0.3 is 6.18 Å². The number of halogens is 3. The Morgan fingerprint density at radius 1 is 1.00 bits per heavy atom. The van der Waals surface area contributed by atoms with E-state index in [2.05, 4.69) is 38.2 Å². The largest absolute Gasteiger partial charge is 0.416 e. The minimum atomic E-state index is -4.38. The minimum Gasteiger partial charge on any atom is -0.325 e. The molecule has 0 aromatic heterocycles. The predicted molar refractivity (Wildman–Crippen MR) is 101 cm³/mol. The molecule has 2 aromatic carbocycles. The number of carbonyl (C=O) groups is 1. The van der Waals surface area contributed by atoms with Crippen molar-refractivity contribution in [3.8, 4) is 0 Å². The highest BCUT2D eigenvalue weighted by Crippen LogP contribution is 2.31. The second kappa shape index (κ2) is 7.74. The summed E-state index contributed by atoms with van der Waals surface area (Å²) in [5, 5.41) is 2.63. The van der Waals surface area contributed by atoms with Crippen LogP contribution in [0.2, 0.25) is 0 Å². The highest BCUT2D eigenvalue weighted by atomic mass is 32.2. The van der Waals surface area contributed by atoms with Crippen molar-refractivity contribution in [2.45, 2.75) is 44.2 Å². The molecule has 0 spiro atoms. The van der Waals surface area contributed by atoms with Crippen LogP contribution >= 0.6 is 11.8 Å². The first-order valence-corrected chi connectivity index (χ1v) is 9.16. The fourth-order valence-corrected chi connectivity index (χ4v) is 3.17. The molecule has 26 heavy (non-hydrogen) atoms. The molecule has 0 bridgehead atoms. The number of alkyl halides is 3. The lowest BCUT2D eigenvalue weighted by Gasteiger charge is -2.20. The average molecular weight is 381 g/mol. The van der Waals surface area contributed by atoms with Gasteiger partial charge in [0.1, 0.15) is 0 Å². The van der Waals surface area contributed by atoms with Crippen LogP contribution < -0.4 is 5.32 Å². The molecule has 0 radical (unpaired) electrons. The lowest BCUT2D eigenvalue weighted by molar-refractivity contribution is -0.137. The van der Waals surface area contributed by atoms with Crippen molar-refractivity contribution in [2.24, 2.45) is 0 Å². The summed E-state index contributed by atoms with van der Waals surface area (Å²) in [4.78, 5) is 13.1. The van der Waals surface area contributed by atoms with Crippen LogP contribution in [0.15, 0.2) is 47.4 Å². The number of benzene rings is 2. The van der Waals surface area contributed by atoms with E-state index in [0.29, 0.717) is 5.69 Å². The highest BCUT2D eigenvalue weighted by Gasteiger charge is 2.30. The molecule has 0 saturated heterocycles. The van der Waals surface area contributed by atoms with Crippen LogP contribution in [0, 0.1) is 6.92 Å². The Hall–Kier alpha value is -1.95. The molecule has 0 atom stereocenters. The third kappa shape index (κ3) is 5.53. The molecular formula is C20H22F3NOS. The third-order valence-corrected chi connectivity index (χ3v) is 5.07. The van der Waals surface area contributed by atoms with Gasteiger partial charge in [-0.2, -0.15) is 13.2 Å². The van der Waals surface area contributed by atoms with Gasteiger partial charge < -0.3 is 5.32 Å². The number of hydrogen-bond donors (Lipinski definition) is 1. The first kappa shape index (κ1) is 20.4. The Balaban J connectivity index is 1.99. The van der Waals surface area contributed by atoms with E-state index in [9.17, 15) is 18.0 Å². The van der Waals surface area contributed by atoms with Gasteiger partial charge in [0, 0.05) is 10.6 Å². The van der Waals surface area contributed by atoms with Gasteiger partial charge in [-0.3, -0.25) is 4.79 Å². The van der Waals surface area contributed by atoms with Crippen molar-refractivity contribution >= 4 is 23.4 Å². The maximum absolute atomic E-state index is 12.6. The lowest BCUT2D eigenvalue weighted by atomic mass is 9.87. The molecule has 1 amide bonds. The van der Waals surface area contributed by atoms with Crippen molar-refractivity contribution in [3.05, 3.63) is 59.2 Å². The van der Waals surface area contributed by atoms with Crippen LogP contribution in [-0.2, 0) is 16.4 Å². The number of amides is 1. The topological polar surface area (TPSA) is 29.1 Å². The maximum atomic E-state index is 12.6. The van der Waals surface area contributed by atoms with Crippen molar-refractivity contribution in [1.29, 1.82) is 0 Å². The van der Waals surface area contributed by atoms with Crippen molar-refractivity contribution in [1.82, 2.24) is 0 Å². The van der Waals surface area contributed by atoms with Gasteiger partial charge in [-0.1, -0.05) is 32.9 Å². The number of rotatable bonds is 4. The lowest BCUT2D eigenvalue weighted by Crippen LogP contribution is -2.15. The maximum Gasteiger partial charge on any atom is 0.416 e. The molecule has 0 aliphatic heterocycles. The summed E-state index contributed by atoms with van der Waals surface area (Å²) in [5.74, 6) is -0.0644. The number of aryl methyl sites for hydroxylation is 1. The number of thioether (sulfide) groups is 1. The van der Waals surface area contributed by atoms with Crippen molar-refractivity contribution < 1.29 is 18.0 Å². The van der Waals surface area contributed by atoms with Crippen molar-refractivity contribution in [3.63, 3.8) is 0 Å². The van der Waals surface area contributed by atoms with Gasteiger partial charge in [0.2, 0.25) is 5.91 Å². The number of anilines is 1. The number of hydrogen-bond acceptors (Lipinski definition) is 2. The second-order valence-electron chi connectivity index (χ2n) is 7.14. The Labute approximate surface area is 156 Å². The van der Waals surface area contributed by atoms with Gasteiger partial charge in [0.25, 0.3) is 0 Å². The Morgan fingerprint density at radius 3 is 2.12 bits per heavy atom. The molecule has 2 nitrogen and oxygen atoms in total. The molecule has 0 fully saturated rings. The van der Waals surface area contributed by atoms with Crippen LogP contribution in [0.3, 0.4) is 0 Å². The van der Waals surface area contributed by atoms with Gasteiger partial charge in [-0.05, 0) is 53.8 Å². The van der Waals surface area contributed by atoms with Crippen LogP contribution in [0.4, 0.5) is 18.9 Å². The van der Waals surface area contributed by atoms with E-state index in [1.807, 2.05) is 13.0 Å². The normalized spacial score (nSPS) is 12.1. The molecule has 1 N–H and O–H groups in total. The summed E-state index contributed by atoms with van der Waals surface area (Å²) in [6, 6.07) is 10.6. The first-order valence-electron chi connectivity index (χ1n) is 8.18. The van der Waals surface area contributed by atoms with Gasteiger partial charge in [0.05, 0.1) is 11.3 Å². The fourth-order valence-electron chi connectivity index (χ4n) is 2.31. The summed E-state index contributed by atoms with van der Waals surface area (Å²) in [5.41, 5.74) is 1.91. The Morgan fingerprint density at radius 2 is 1.58 bits per heavy atom. The molecular weight excluding hydrogens is 359 g/mol. The molecule has 0 aliphatic rings. The summed E-state index contributed by atoms with van der Waals surface area (Å²) in [7, 11) is 0. The number of carbonyl (C=O) groups excluding carboxylic acids is 1. The van der Waals surface area contributed by atoms with Crippen LogP contribution in [0.1, 0.15) is 37.5 Å². The highest BCUT2D eigenvalue weighted by molar-refractivity contribution is 8.00. The molecule has 0 aliphatic carbocycles. The zero-order valence-corrected chi connectivity index (χ0v) is 16.0. The molecule has 0 heterocycles. The molecule has 0 saturated carbocycles. The van der Waals surface area contributed by atoms with Crippen LogP contribution in [-0.4, -0.2) is 11.7 Å². The summed E-state index contributed by atoms with van der Waals surface area (Å²) in [6.45, 7) is 8.37. The molecule has 6 heteroatoms. The molecule has 2 rings (SSSR count). The molecule has 2 aromatic rings. The van der Waals surface area contributed by atoms with Crippen molar-refractivity contribution in [2.75, 3.05) is 11.1 Å². The standard InChI is InChI=1S/C20H22F3NOS/c1-13-5-6-15(19(2,3)4)11-17(13)26-12-18(25)24-16-9-7-14(8-10-16)20(21,22)23/h5-11H,12H2,1-4H3,(H,24,25). The summed E-state index contributed by atoms with van der Waals surface area (Å²) in [6.07, 6.45) is -4.38. The predicted octanol–water partition coefficient (Wildman–Crippen LogP) is 6.04. The smallest absolute Gasteiger partial charge is 0.325 e. The summed E-state index contributed by atoms with van der Waals surface area (Å²) >= 11 is 1.42. The van der Waals surface area contributed by atoms with Gasteiger partial charge in [-0.15, -0.1) is 11.8 Å². The number of nitrogens with one attached hydrogen (secondary N) is 1.